The predicted molar refractivity (Wildman–Crippen MR) is 106 cm³/mol. The van der Waals surface area contributed by atoms with Crippen molar-refractivity contribution in [2.75, 3.05) is 44.2 Å². The third-order valence-corrected chi connectivity index (χ3v) is 5.78. The molecule has 0 aliphatic carbocycles. The minimum absolute atomic E-state index is 0.0583. The van der Waals surface area contributed by atoms with Gasteiger partial charge in [0.15, 0.2) is 5.13 Å². The number of amides is 1. The number of aromatic nitrogens is 1. The number of thiazole rings is 1. The minimum Gasteiger partial charge on any atom is -0.355 e. The number of hydrogen-bond donors (Lipinski definition) is 1. The fourth-order valence-electron chi connectivity index (χ4n) is 3.20. The molecule has 136 valence electrons. The molecule has 2 aromatic rings. The third kappa shape index (κ3) is 4.30. The molecule has 1 aromatic carbocycles. The first kappa shape index (κ1) is 18.1. The van der Waals surface area contributed by atoms with Crippen LogP contribution in [0.15, 0.2) is 12.1 Å². The summed E-state index contributed by atoms with van der Waals surface area (Å²) >= 11 is 1.80. The Balaban J connectivity index is 1.54. The van der Waals surface area contributed by atoms with Crippen molar-refractivity contribution in [3.63, 3.8) is 0 Å². The normalized spacial score (nSPS) is 16.0. The Hall–Kier alpha value is -1.66. The van der Waals surface area contributed by atoms with Crippen LogP contribution in [-0.4, -0.2) is 55.1 Å². The Morgan fingerprint density at radius 1 is 1.24 bits per heavy atom. The molecule has 1 amide bonds. The van der Waals surface area contributed by atoms with Crippen LogP contribution in [0.1, 0.15) is 25.0 Å². The monoisotopic (exact) mass is 360 g/mol. The van der Waals surface area contributed by atoms with Crippen molar-refractivity contribution in [3.05, 3.63) is 23.3 Å². The van der Waals surface area contributed by atoms with Crippen LogP contribution in [0.2, 0.25) is 0 Å². The van der Waals surface area contributed by atoms with Gasteiger partial charge in [-0.25, -0.2) is 4.98 Å². The molecule has 0 radical (unpaired) electrons. The Kier molecular flexibility index (Phi) is 5.59. The first-order chi connectivity index (χ1) is 11.9. The zero-order valence-electron chi connectivity index (χ0n) is 15.6. The van der Waals surface area contributed by atoms with Crippen LogP contribution < -0.4 is 10.2 Å². The molecule has 3 rings (SSSR count). The number of carbonyl (C=O) groups excluding carboxylic acids is 1. The van der Waals surface area contributed by atoms with E-state index in [4.69, 9.17) is 4.98 Å². The highest BCUT2D eigenvalue weighted by Gasteiger charge is 2.20. The summed E-state index contributed by atoms with van der Waals surface area (Å²) in [4.78, 5) is 21.3. The van der Waals surface area contributed by atoms with Crippen molar-refractivity contribution in [3.8, 4) is 0 Å². The maximum absolute atomic E-state index is 11.6. The fourth-order valence-corrected chi connectivity index (χ4v) is 4.39. The van der Waals surface area contributed by atoms with Gasteiger partial charge >= 0.3 is 0 Å². The van der Waals surface area contributed by atoms with Gasteiger partial charge in [-0.1, -0.05) is 31.3 Å². The summed E-state index contributed by atoms with van der Waals surface area (Å²) in [5, 5.41) is 4.13. The second-order valence-corrected chi connectivity index (χ2v) is 8.21. The Labute approximate surface area is 154 Å². The molecular weight excluding hydrogens is 332 g/mol. The van der Waals surface area contributed by atoms with Crippen LogP contribution in [0, 0.1) is 19.8 Å². The van der Waals surface area contributed by atoms with Gasteiger partial charge in [0.25, 0.3) is 0 Å². The number of aryl methyl sites for hydroxylation is 2. The van der Waals surface area contributed by atoms with Gasteiger partial charge < -0.3 is 10.2 Å². The molecule has 25 heavy (non-hydrogen) atoms. The molecule has 1 saturated heterocycles. The van der Waals surface area contributed by atoms with Crippen molar-refractivity contribution in [1.82, 2.24) is 15.2 Å². The highest BCUT2D eigenvalue weighted by atomic mass is 32.1. The summed E-state index contributed by atoms with van der Waals surface area (Å²) in [6, 6.07) is 4.44. The second-order valence-electron chi connectivity index (χ2n) is 7.20. The number of nitrogens with one attached hydrogen (secondary N) is 1. The quantitative estimate of drug-likeness (QED) is 0.891. The number of piperazine rings is 1. The maximum atomic E-state index is 11.6. The Morgan fingerprint density at radius 2 is 1.96 bits per heavy atom. The molecule has 1 aliphatic heterocycles. The average molecular weight is 361 g/mol. The van der Waals surface area contributed by atoms with Crippen molar-refractivity contribution >= 4 is 32.6 Å². The van der Waals surface area contributed by atoms with Crippen molar-refractivity contribution in [2.24, 2.45) is 5.92 Å². The SMILES string of the molecule is Cc1cc(C)c2nc(N3CCN(CCNC(=O)C(C)C)CC3)sc2c1. The minimum atomic E-state index is 0.0583. The average Bonchev–Trinajstić information content (AvgIpc) is 2.99. The van der Waals surface area contributed by atoms with Crippen LogP contribution in [0.25, 0.3) is 10.2 Å². The van der Waals surface area contributed by atoms with E-state index in [1.807, 2.05) is 13.8 Å². The van der Waals surface area contributed by atoms with E-state index in [1.54, 1.807) is 11.3 Å². The molecule has 1 aromatic heterocycles. The summed E-state index contributed by atoms with van der Waals surface area (Å²) in [5.74, 6) is 0.196. The molecule has 0 bridgehead atoms. The smallest absolute Gasteiger partial charge is 0.222 e. The molecule has 6 heteroatoms. The lowest BCUT2D eigenvalue weighted by Gasteiger charge is -2.34. The zero-order valence-corrected chi connectivity index (χ0v) is 16.4. The van der Waals surface area contributed by atoms with E-state index in [9.17, 15) is 4.79 Å². The highest BCUT2D eigenvalue weighted by molar-refractivity contribution is 7.22. The van der Waals surface area contributed by atoms with E-state index in [0.29, 0.717) is 0 Å². The molecule has 0 spiro atoms. The van der Waals surface area contributed by atoms with Crippen LogP contribution in [0.5, 0.6) is 0 Å². The van der Waals surface area contributed by atoms with E-state index < -0.39 is 0 Å². The molecule has 5 nitrogen and oxygen atoms in total. The van der Waals surface area contributed by atoms with Crippen molar-refractivity contribution in [1.29, 1.82) is 0 Å². The number of benzene rings is 1. The summed E-state index contributed by atoms with van der Waals surface area (Å²) in [6.45, 7) is 13.8. The molecular formula is C19H28N4OS. The molecule has 1 aliphatic rings. The summed E-state index contributed by atoms with van der Waals surface area (Å²) in [7, 11) is 0. The van der Waals surface area contributed by atoms with E-state index in [2.05, 4.69) is 41.1 Å². The predicted octanol–water partition coefficient (Wildman–Crippen LogP) is 2.81. The van der Waals surface area contributed by atoms with E-state index in [0.717, 1.165) is 49.9 Å². The number of nitrogens with zero attached hydrogens (tertiary/aromatic N) is 3. The molecule has 2 heterocycles. The first-order valence-corrected chi connectivity index (χ1v) is 9.88. The molecule has 1 N–H and O–H groups in total. The molecule has 0 saturated carbocycles. The lowest BCUT2D eigenvalue weighted by atomic mass is 10.1. The number of rotatable bonds is 5. The Bertz CT molecular complexity index is 747. The molecule has 1 fully saturated rings. The van der Waals surface area contributed by atoms with Crippen LogP contribution in [0.4, 0.5) is 5.13 Å². The van der Waals surface area contributed by atoms with E-state index >= 15 is 0 Å². The zero-order chi connectivity index (χ0) is 18.0. The maximum Gasteiger partial charge on any atom is 0.222 e. The van der Waals surface area contributed by atoms with Gasteiger partial charge in [-0.3, -0.25) is 9.69 Å². The lowest BCUT2D eigenvalue weighted by Crippen LogP contribution is -2.48. The number of carbonyl (C=O) groups is 1. The largest absolute Gasteiger partial charge is 0.355 e. The van der Waals surface area contributed by atoms with Gasteiger partial charge in [0.1, 0.15) is 0 Å². The summed E-state index contributed by atoms with van der Waals surface area (Å²) in [5.41, 5.74) is 3.70. The summed E-state index contributed by atoms with van der Waals surface area (Å²) in [6.07, 6.45) is 0. The van der Waals surface area contributed by atoms with Crippen LogP contribution in [-0.2, 0) is 4.79 Å². The van der Waals surface area contributed by atoms with Gasteiger partial charge in [0.05, 0.1) is 10.2 Å². The third-order valence-electron chi connectivity index (χ3n) is 4.71. The fraction of sp³-hybridized carbons (Fsp3) is 0.579. The van der Waals surface area contributed by atoms with Gasteiger partial charge in [-0.05, 0) is 31.0 Å². The Morgan fingerprint density at radius 3 is 2.64 bits per heavy atom. The van der Waals surface area contributed by atoms with Crippen molar-refractivity contribution < 1.29 is 4.79 Å². The highest BCUT2D eigenvalue weighted by Crippen LogP contribution is 2.32. The molecule has 0 unspecified atom stereocenters. The number of anilines is 1. The standard InChI is InChI=1S/C19H28N4OS/c1-13(2)18(24)20-5-6-22-7-9-23(10-8-22)19-21-17-15(4)11-14(3)12-16(17)25-19/h11-13H,5-10H2,1-4H3,(H,20,24). The topological polar surface area (TPSA) is 48.5 Å². The van der Waals surface area contributed by atoms with E-state index in [1.165, 1.54) is 15.8 Å². The van der Waals surface area contributed by atoms with Gasteiger partial charge in [-0.15, -0.1) is 0 Å². The van der Waals surface area contributed by atoms with Gasteiger partial charge in [-0.2, -0.15) is 0 Å². The van der Waals surface area contributed by atoms with Crippen LogP contribution in [0.3, 0.4) is 0 Å². The second kappa shape index (κ2) is 7.70. The first-order valence-electron chi connectivity index (χ1n) is 9.07. The number of fused-ring (bicyclic) bond motifs is 1. The summed E-state index contributed by atoms with van der Waals surface area (Å²) < 4.78 is 1.28. The van der Waals surface area contributed by atoms with Crippen molar-refractivity contribution in [2.45, 2.75) is 27.7 Å². The lowest BCUT2D eigenvalue weighted by molar-refractivity contribution is -0.124. The van der Waals surface area contributed by atoms with Gasteiger partial charge in [0, 0.05) is 45.2 Å². The van der Waals surface area contributed by atoms with Gasteiger partial charge in [0.2, 0.25) is 5.91 Å². The number of hydrogen-bond acceptors (Lipinski definition) is 5. The molecule has 0 atom stereocenters. The van der Waals surface area contributed by atoms with E-state index in [-0.39, 0.29) is 11.8 Å². The van der Waals surface area contributed by atoms with Crippen LogP contribution >= 0.6 is 11.3 Å².